The SMILES string of the molecule is CC1(C)CC(C(=O)OCCOc2ccnc3ccccc23)C1. The van der Waals surface area contributed by atoms with Gasteiger partial charge < -0.3 is 9.47 Å². The summed E-state index contributed by atoms with van der Waals surface area (Å²) in [5.74, 6) is 0.741. The molecule has 0 amide bonds. The molecule has 0 bridgehead atoms. The fraction of sp³-hybridized carbons (Fsp3) is 0.444. The van der Waals surface area contributed by atoms with Crippen molar-refractivity contribution < 1.29 is 14.3 Å². The Bertz CT molecular complexity index is 668. The molecule has 116 valence electrons. The van der Waals surface area contributed by atoms with E-state index < -0.39 is 0 Å². The van der Waals surface area contributed by atoms with Gasteiger partial charge in [-0.15, -0.1) is 0 Å². The van der Waals surface area contributed by atoms with Crippen molar-refractivity contribution in [3.8, 4) is 5.75 Å². The van der Waals surface area contributed by atoms with E-state index in [-0.39, 0.29) is 23.9 Å². The van der Waals surface area contributed by atoms with Crippen LogP contribution in [-0.2, 0) is 9.53 Å². The van der Waals surface area contributed by atoms with Crippen molar-refractivity contribution in [1.29, 1.82) is 0 Å². The molecular weight excluding hydrogens is 278 g/mol. The molecule has 0 saturated heterocycles. The van der Waals surface area contributed by atoms with E-state index >= 15 is 0 Å². The fourth-order valence-corrected chi connectivity index (χ4v) is 3.05. The minimum absolute atomic E-state index is 0.0664. The molecule has 0 radical (unpaired) electrons. The van der Waals surface area contributed by atoms with Crippen LogP contribution in [0.2, 0.25) is 0 Å². The van der Waals surface area contributed by atoms with Crippen LogP contribution in [0, 0.1) is 11.3 Å². The topological polar surface area (TPSA) is 48.4 Å². The summed E-state index contributed by atoms with van der Waals surface area (Å²) < 4.78 is 11.0. The minimum Gasteiger partial charge on any atom is -0.489 e. The molecule has 0 N–H and O–H groups in total. The number of benzene rings is 1. The van der Waals surface area contributed by atoms with E-state index in [2.05, 4.69) is 18.8 Å². The highest BCUT2D eigenvalue weighted by Crippen LogP contribution is 2.45. The summed E-state index contributed by atoms with van der Waals surface area (Å²) in [4.78, 5) is 16.1. The first-order valence-corrected chi connectivity index (χ1v) is 7.68. The third kappa shape index (κ3) is 3.21. The molecule has 1 heterocycles. The Balaban J connectivity index is 1.48. The summed E-state index contributed by atoms with van der Waals surface area (Å²) in [6.45, 7) is 4.99. The van der Waals surface area contributed by atoms with E-state index in [1.54, 1.807) is 6.20 Å². The molecule has 1 fully saturated rings. The van der Waals surface area contributed by atoms with Crippen LogP contribution in [0.5, 0.6) is 5.75 Å². The summed E-state index contributed by atoms with van der Waals surface area (Å²) in [6, 6.07) is 9.65. The first-order valence-electron chi connectivity index (χ1n) is 7.68. The van der Waals surface area contributed by atoms with E-state index in [1.165, 1.54) is 0 Å². The van der Waals surface area contributed by atoms with Gasteiger partial charge in [-0.3, -0.25) is 9.78 Å². The Morgan fingerprint density at radius 1 is 1.23 bits per heavy atom. The van der Waals surface area contributed by atoms with Crippen LogP contribution in [0.3, 0.4) is 0 Å². The van der Waals surface area contributed by atoms with Crippen molar-refractivity contribution >= 4 is 16.9 Å². The van der Waals surface area contributed by atoms with Crippen molar-refractivity contribution in [3.63, 3.8) is 0 Å². The normalized spacial score (nSPS) is 17.0. The molecule has 22 heavy (non-hydrogen) atoms. The number of hydrogen-bond donors (Lipinski definition) is 0. The molecule has 4 nitrogen and oxygen atoms in total. The van der Waals surface area contributed by atoms with Crippen LogP contribution in [0.25, 0.3) is 10.9 Å². The number of hydrogen-bond acceptors (Lipinski definition) is 4. The van der Waals surface area contributed by atoms with E-state index in [9.17, 15) is 4.79 Å². The van der Waals surface area contributed by atoms with Crippen LogP contribution in [0.4, 0.5) is 0 Å². The monoisotopic (exact) mass is 299 g/mol. The van der Waals surface area contributed by atoms with E-state index in [4.69, 9.17) is 9.47 Å². The van der Waals surface area contributed by atoms with Crippen molar-refractivity contribution in [1.82, 2.24) is 4.98 Å². The van der Waals surface area contributed by atoms with E-state index in [0.29, 0.717) is 6.61 Å². The molecule has 3 rings (SSSR count). The van der Waals surface area contributed by atoms with Gasteiger partial charge in [-0.05, 0) is 36.5 Å². The van der Waals surface area contributed by atoms with E-state index in [1.807, 2.05) is 30.3 Å². The maximum absolute atomic E-state index is 11.8. The van der Waals surface area contributed by atoms with Gasteiger partial charge in [0.15, 0.2) is 0 Å². The first kappa shape index (κ1) is 14.8. The van der Waals surface area contributed by atoms with Gasteiger partial charge in [-0.2, -0.15) is 0 Å². The maximum Gasteiger partial charge on any atom is 0.309 e. The van der Waals surface area contributed by atoms with Crippen molar-refractivity contribution in [2.75, 3.05) is 13.2 Å². The molecule has 4 heteroatoms. The van der Waals surface area contributed by atoms with Gasteiger partial charge in [0, 0.05) is 11.6 Å². The van der Waals surface area contributed by atoms with Gasteiger partial charge in [0.1, 0.15) is 19.0 Å². The Labute approximate surface area is 130 Å². The smallest absolute Gasteiger partial charge is 0.309 e. The molecule has 1 aromatic heterocycles. The van der Waals surface area contributed by atoms with Crippen LogP contribution in [0.1, 0.15) is 26.7 Å². The minimum atomic E-state index is -0.0949. The highest BCUT2D eigenvalue weighted by molar-refractivity contribution is 5.84. The number of esters is 1. The van der Waals surface area contributed by atoms with Gasteiger partial charge in [-0.1, -0.05) is 26.0 Å². The second-order valence-electron chi connectivity index (χ2n) is 6.61. The lowest BCUT2D eigenvalue weighted by Crippen LogP contribution is -2.38. The third-order valence-electron chi connectivity index (χ3n) is 4.13. The molecule has 1 aliphatic carbocycles. The number of carbonyl (C=O) groups is 1. The van der Waals surface area contributed by atoms with Crippen LogP contribution in [0.15, 0.2) is 36.5 Å². The molecule has 0 unspecified atom stereocenters. The number of nitrogens with zero attached hydrogens (tertiary/aromatic N) is 1. The number of aromatic nitrogens is 1. The van der Waals surface area contributed by atoms with Crippen molar-refractivity contribution in [2.24, 2.45) is 11.3 Å². The molecule has 2 aromatic rings. The number of pyridine rings is 1. The van der Waals surface area contributed by atoms with Gasteiger partial charge in [0.25, 0.3) is 0 Å². The Morgan fingerprint density at radius 3 is 2.77 bits per heavy atom. The molecule has 0 aliphatic heterocycles. The van der Waals surface area contributed by atoms with Crippen LogP contribution >= 0.6 is 0 Å². The second kappa shape index (κ2) is 5.95. The number of carbonyl (C=O) groups excluding carboxylic acids is 1. The predicted molar refractivity (Wildman–Crippen MR) is 84.7 cm³/mol. The summed E-state index contributed by atoms with van der Waals surface area (Å²) in [7, 11) is 0. The fourth-order valence-electron chi connectivity index (χ4n) is 3.05. The Hall–Kier alpha value is -2.10. The Kier molecular flexibility index (Phi) is 4.01. The molecule has 1 aliphatic rings. The van der Waals surface area contributed by atoms with Gasteiger partial charge >= 0.3 is 5.97 Å². The molecule has 1 aromatic carbocycles. The van der Waals surface area contributed by atoms with Gasteiger partial charge in [0.05, 0.1) is 11.4 Å². The quantitative estimate of drug-likeness (QED) is 0.625. The lowest BCUT2D eigenvalue weighted by molar-refractivity contribution is -0.156. The number of fused-ring (bicyclic) bond motifs is 1. The molecule has 0 atom stereocenters. The highest BCUT2D eigenvalue weighted by atomic mass is 16.6. The first-order chi connectivity index (χ1) is 10.6. The van der Waals surface area contributed by atoms with Gasteiger partial charge in [-0.25, -0.2) is 0 Å². The lowest BCUT2D eigenvalue weighted by atomic mass is 9.64. The zero-order valence-electron chi connectivity index (χ0n) is 13.0. The number of rotatable bonds is 5. The van der Waals surface area contributed by atoms with Crippen molar-refractivity contribution in [3.05, 3.63) is 36.5 Å². The molecule has 1 saturated carbocycles. The lowest BCUT2D eigenvalue weighted by Gasteiger charge is -2.40. The van der Waals surface area contributed by atoms with Crippen molar-refractivity contribution in [2.45, 2.75) is 26.7 Å². The molecule has 0 spiro atoms. The van der Waals surface area contributed by atoms with Crippen LogP contribution < -0.4 is 4.74 Å². The summed E-state index contributed by atoms with van der Waals surface area (Å²) in [5.41, 5.74) is 1.18. The van der Waals surface area contributed by atoms with E-state index in [0.717, 1.165) is 29.5 Å². The van der Waals surface area contributed by atoms with Crippen LogP contribution in [-0.4, -0.2) is 24.2 Å². The number of para-hydroxylation sites is 1. The number of ether oxygens (including phenoxy) is 2. The largest absolute Gasteiger partial charge is 0.489 e. The van der Waals surface area contributed by atoms with Gasteiger partial charge in [0.2, 0.25) is 0 Å². The highest BCUT2D eigenvalue weighted by Gasteiger charge is 2.41. The zero-order chi connectivity index (χ0) is 15.6. The predicted octanol–water partition coefficient (Wildman–Crippen LogP) is 3.59. The summed E-state index contributed by atoms with van der Waals surface area (Å²) in [5, 5.41) is 0.970. The summed E-state index contributed by atoms with van der Waals surface area (Å²) in [6.07, 6.45) is 3.56. The third-order valence-corrected chi connectivity index (χ3v) is 4.13. The Morgan fingerprint density at radius 2 is 2.00 bits per heavy atom. The standard InChI is InChI=1S/C18H21NO3/c1-18(2)11-13(12-18)17(20)22-10-9-21-16-7-8-19-15-6-4-3-5-14(15)16/h3-8,13H,9-12H2,1-2H3. The average molecular weight is 299 g/mol. The average Bonchev–Trinajstić information content (AvgIpc) is 2.49. The maximum atomic E-state index is 11.8. The summed E-state index contributed by atoms with van der Waals surface area (Å²) >= 11 is 0. The molecular formula is C18H21NO3. The second-order valence-corrected chi connectivity index (χ2v) is 6.61. The zero-order valence-corrected chi connectivity index (χ0v) is 13.0.